The Morgan fingerprint density at radius 1 is 0.500 bits per heavy atom. The van der Waals surface area contributed by atoms with Gasteiger partial charge >= 0.3 is 23.9 Å². The summed E-state index contributed by atoms with van der Waals surface area (Å²) in [5, 5.41) is 4.04. The van der Waals surface area contributed by atoms with E-state index in [4.69, 9.17) is 23.8 Å². The van der Waals surface area contributed by atoms with E-state index < -0.39 is 48.8 Å². The predicted molar refractivity (Wildman–Crippen MR) is 183 cm³/mol. The third kappa shape index (κ3) is 10.2. The largest absolute Gasteiger partial charge is 0.458 e. The maximum Gasteiger partial charge on any atom is 0.338 e. The van der Waals surface area contributed by atoms with Crippen LogP contribution < -0.4 is 0 Å². The minimum atomic E-state index is -1.59. The Kier molecular flexibility index (Phi) is 12.6. The van der Waals surface area contributed by atoms with Crippen LogP contribution in [0.3, 0.4) is 0 Å². The normalized spacial score (nSPS) is 12.6. The van der Waals surface area contributed by atoms with Gasteiger partial charge in [-0.15, -0.1) is 0 Å². The summed E-state index contributed by atoms with van der Waals surface area (Å²) in [6.45, 7) is -0.511. The molecule has 0 bridgehead atoms. The fraction of sp³-hybridized carbons (Fsp3) is 0.125. The minimum Gasteiger partial charge on any atom is -0.458 e. The van der Waals surface area contributed by atoms with Crippen molar-refractivity contribution >= 4 is 30.1 Å². The van der Waals surface area contributed by atoms with Gasteiger partial charge in [0.1, 0.15) is 13.2 Å². The highest BCUT2D eigenvalue weighted by Crippen LogP contribution is 2.20. The Hall–Kier alpha value is -6.55. The lowest BCUT2D eigenvalue weighted by atomic mass is 10.1. The van der Waals surface area contributed by atoms with E-state index in [-0.39, 0.29) is 28.9 Å². The van der Waals surface area contributed by atoms with Gasteiger partial charge in [0, 0.05) is 0 Å². The van der Waals surface area contributed by atoms with Crippen molar-refractivity contribution in [3.63, 3.8) is 0 Å². The first-order valence-electron chi connectivity index (χ1n) is 15.7. The van der Waals surface area contributed by atoms with E-state index in [2.05, 4.69) is 5.16 Å². The molecule has 10 heteroatoms. The summed E-state index contributed by atoms with van der Waals surface area (Å²) in [6.07, 6.45) is -3.46. The molecule has 0 aliphatic carbocycles. The lowest BCUT2D eigenvalue weighted by molar-refractivity contribution is -0.0863. The summed E-state index contributed by atoms with van der Waals surface area (Å²) in [7, 11) is 0. The van der Waals surface area contributed by atoms with Gasteiger partial charge in [0.2, 0.25) is 0 Å². The van der Waals surface area contributed by atoms with E-state index in [1.54, 1.807) is 97.1 Å². The first kappa shape index (κ1) is 34.8. The van der Waals surface area contributed by atoms with Crippen LogP contribution in [0.4, 0.5) is 0 Å². The van der Waals surface area contributed by atoms with Gasteiger partial charge in [0.05, 0.1) is 28.5 Å². The number of ether oxygens (including phenoxy) is 4. The molecular formula is C40H33NO9. The summed E-state index contributed by atoms with van der Waals surface area (Å²) in [4.78, 5) is 59.0. The smallest absolute Gasteiger partial charge is 0.338 e. The lowest BCUT2D eigenvalue weighted by Crippen LogP contribution is -2.48. The fourth-order valence-electron chi connectivity index (χ4n) is 4.65. The predicted octanol–water partition coefficient (Wildman–Crippen LogP) is 6.72. The van der Waals surface area contributed by atoms with Crippen LogP contribution >= 0.6 is 0 Å². The van der Waals surface area contributed by atoms with E-state index >= 15 is 0 Å². The molecule has 0 aliphatic rings. The van der Waals surface area contributed by atoms with Crippen molar-refractivity contribution in [2.24, 2.45) is 5.16 Å². The molecule has 0 fully saturated rings. The average molecular weight is 672 g/mol. The number of hydrogen-bond donors (Lipinski definition) is 0. The molecule has 252 valence electrons. The summed E-state index contributed by atoms with van der Waals surface area (Å²) >= 11 is 0. The highest BCUT2D eigenvalue weighted by atomic mass is 16.6. The van der Waals surface area contributed by atoms with E-state index in [1.807, 2.05) is 30.3 Å². The van der Waals surface area contributed by atoms with Crippen LogP contribution in [-0.2, 0) is 30.4 Å². The zero-order valence-corrected chi connectivity index (χ0v) is 26.8. The molecule has 5 rings (SSSR count). The van der Waals surface area contributed by atoms with Gasteiger partial charge in [-0.25, -0.2) is 19.2 Å². The van der Waals surface area contributed by atoms with Crippen LogP contribution in [-0.4, -0.2) is 55.0 Å². The third-order valence-electron chi connectivity index (χ3n) is 7.21. The van der Waals surface area contributed by atoms with Gasteiger partial charge in [-0.05, 0) is 54.1 Å². The first-order chi connectivity index (χ1) is 24.5. The molecular weight excluding hydrogens is 638 g/mol. The topological polar surface area (TPSA) is 127 Å². The monoisotopic (exact) mass is 671 g/mol. The van der Waals surface area contributed by atoms with Crippen LogP contribution in [0.25, 0.3) is 0 Å². The SMILES string of the molecule is O=C(OC[C@@H](OC(=O)c1ccccc1)[C@H](OC(=O)c1ccccc1)[C@H](/C=N/OCc1ccccc1)OC(=O)c1ccccc1)c1ccccc1. The maximum atomic E-state index is 13.6. The minimum absolute atomic E-state index is 0.0757. The fourth-order valence-corrected chi connectivity index (χ4v) is 4.65. The van der Waals surface area contributed by atoms with E-state index in [0.717, 1.165) is 11.8 Å². The molecule has 0 radical (unpaired) electrons. The van der Waals surface area contributed by atoms with Gasteiger partial charge in [0.15, 0.2) is 18.3 Å². The standard InChI is InChI=1S/C40H33NO9/c42-37(30-18-8-2-9-19-30)46-28-35(49-39(44)32-22-12-4-13-23-32)36(50-40(45)33-24-14-5-15-25-33)34(48-38(43)31-20-10-3-11-21-31)26-41-47-27-29-16-6-1-7-17-29/h1-26,34-36H,27-28H2/b41-26+/t34-,35+,36+/m0/s1. The quantitative estimate of drug-likeness (QED) is 0.0516. The van der Waals surface area contributed by atoms with Gasteiger partial charge in [-0.1, -0.05) is 108 Å². The molecule has 0 unspecified atom stereocenters. The third-order valence-corrected chi connectivity index (χ3v) is 7.21. The summed E-state index contributed by atoms with van der Waals surface area (Å²) in [5.41, 5.74) is 1.59. The van der Waals surface area contributed by atoms with Crippen LogP contribution in [0, 0.1) is 0 Å². The first-order valence-corrected chi connectivity index (χ1v) is 15.7. The zero-order chi connectivity index (χ0) is 35.0. The average Bonchev–Trinajstić information content (AvgIpc) is 3.18. The number of nitrogens with zero attached hydrogens (tertiary/aromatic N) is 1. The van der Waals surface area contributed by atoms with Crippen molar-refractivity contribution < 1.29 is 43.0 Å². The van der Waals surface area contributed by atoms with Crippen LogP contribution in [0.5, 0.6) is 0 Å². The molecule has 0 aromatic heterocycles. The van der Waals surface area contributed by atoms with Crippen molar-refractivity contribution in [3.8, 4) is 0 Å². The molecule has 0 saturated heterocycles. The van der Waals surface area contributed by atoms with Gasteiger partial charge in [-0.3, -0.25) is 0 Å². The van der Waals surface area contributed by atoms with Crippen molar-refractivity contribution in [1.82, 2.24) is 0 Å². The molecule has 0 spiro atoms. The number of esters is 4. The van der Waals surface area contributed by atoms with Crippen molar-refractivity contribution in [3.05, 3.63) is 179 Å². The summed E-state index contributed by atoms with van der Waals surface area (Å²) in [5.74, 6) is -3.15. The number of oxime groups is 1. The van der Waals surface area contributed by atoms with Gasteiger partial charge in [-0.2, -0.15) is 0 Å². The van der Waals surface area contributed by atoms with Gasteiger partial charge in [0.25, 0.3) is 0 Å². The Labute approximate surface area is 288 Å². The number of hydrogen-bond acceptors (Lipinski definition) is 10. The van der Waals surface area contributed by atoms with Crippen LogP contribution in [0.15, 0.2) is 157 Å². The number of benzene rings is 5. The van der Waals surface area contributed by atoms with E-state index in [9.17, 15) is 19.2 Å². The highest BCUT2D eigenvalue weighted by Gasteiger charge is 2.39. The molecule has 0 aliphatic heterocycles. The Balaban J connectivity index is 1.51. The zero-order valence-electron chi connectivity index (χ0n) is 26.8. The van der Waals surface area contributed by atoms with Crippen LogP contribution in [0.1, 0.15) is 47.0 Å². The van der Waals surface area contributed by atoms with E-state index in [1.165, 1.54) is 24.3 Å². The molecule has 3 atom stereocenters. The molecule has 0 saturated carbocycles. The molecule has 0 amide bonds. The molecule has 5 aromatic carbocycles. The highest BCUT2D eigenvalue weighted by molar-refractivity contribution is 5.92. The number of carbonyl (C=O) groups is 4. The molecule has 0 N–H and O–H groups in total. The second-order valence-corrected chi connectivity index (χ2v) is 10.8. The molecule has 5 aromatic rings. The Morgan fingerprint density at radius 2 is 0.900 bits per heavy atom. The van der Waals surface area contributed by atoms with Crippen LogP contribution in [0.2, 0.25) is 0 Å². The second-order valence-electron chi connectivity index (χ2n) is 10.8. The van der Waals surface area contributed by atoms with Crippen molar-refractivity contribution in [2.75, 3.05) is 6.61 Å². The van der Waals surface area contributed by atoms with Gasteiger partial charge < -0.3 is 23.8 Å². The summed E-state index contributed by atoms with van der Waals surface area (Å²) in [6, 6.07) is 41.7. The molecule has 50 heavy (non-hydrogen) atoms. The Bertz CT molecular complexity index is 1850. The molecule has 0 heterocycles. The molecule has 10 nitrogen and oxygen atoms in total. The second kappa shape index (κ2) is 18.1. The number of carbonyl (C=O) groups excluding carboxylic acids is 4. The number of rotatable bonds is 15. The maximum absolute atomic E-state index is 13.6. The van der Waals surface area contributed by atoms with Crippen molar-refractivity contribution in [2.45, 2.75) is 24.9 Å². The van der Waals surface area contributed by atoms with Crippen molar-refractivity contribution in [1.29, 1.82) is 0 Å². The lowest BCUT2D eigenvalue weighted by Gasteiger charge is -2.30. The Morgan fingerprint density at radius 3 is 1.38 bits per heavy atom. The summed E-state index contributed by atoms with van der Waals surface area (Å²) < 4.78 is 23.3. The van der Waals surface area contributed by atoms with E-state index in [0.29, 0.717) is 0 Å².